The van der Waals surface area contributed by atoms with Crippen LogP contribution < -0.4 is 0 Å². The van der Waals surface area contributed by atoms with Gasteiger partial charge in [-0.25, -0.2) is 4.79 Å². The standard InChI is InChI=1S/C19H22O5S/c1-14(15(2)23-19(20)17-10-6-4-7-11-17)16(3)24-25(21,22)18-12-8-5-9-13-18/h4-16H,1-3H3. The smallest absolute Gasteiger partial charge is 0.338 e. The van der Waals surface area contributed by atoms with Gasteiger partial charge in [0.1, 0.15) is 6.10 Å². The number of hydrogen-bond donors (Lipinski definition) is 0. The first kappa shape index (κ1) is 19.1. The maximum atomic E-state index is 12.3. The minimum atomic E-state index is -3.86. The molecule has 134 valence electrons. The SMILES string of the molecule is CC(OC(=O)c1ccccc1)C(C)C(C)OS(=O)(=O)c1ccccc1. The van der Waals surface area contributed by atoms with Crippen molar-refractivity contribution in [2.45, 2.75) is 37.9 Å². The fourth-order valence-electron chi connectivity index (χ4n) is 2.23. The van der Waals surface area contributed by atoms with Crippen LogP contribution in [0, 0.1) is 5.92 Å². The molecule has 2 aromatic carbocycles. The number of hydrogen-bond acceptors (Lipinski definition) is 5. The summed E-state index contributed by atoms with van der Waals surface area (Å²) < 4.78 is 35.3. The van der Waals surface area contributed by atoms with Crippen molar-refractivity contribution in [3.05, 3.63) is 66.2 Å². The summed E-state index contributed by atoms with van der Waals surface area (Å²) in [5, 5.41) is 0. The highest BCUT2D eigenvalue weighted by atomic mass is 32.2. The third-order valence-electron chi connectivity index (χ3n) is 4.09. The molecular weight excluding hydrogens is 340 g/mol. The van der Waals surface area contributed by atoms with Crippen LogP contribution in [-0.2, 0) is 19.0 Å². The minimum absolute atomic E-state index is 0.1000. The molecule has 3 unspecified atom stereocenters. The highest BCUT2D eigenvalue weighted by Crippen LogP contribution is 2.21. The van der Waals surface area contributed by atoms with Gasteiger partial charge in [0.25, 0.3) is 10.1 Å². The Morgan fingerprint density at radius 2 is 1.36 bits per heavy atom. The van der Waals surface area contributed by atoms with Crippen LogP contribution in [0.5, 0.6) is 0 Å². The number of esters is 1. The third kappa shape index (κ3) is 5.14. The van der Waals surface area contributed by atoms with Gasteiger partial charge >= 0.3 is 5.97 Å². The molecule has 0 amide bonds. The summed E-state index contributed by atoms with van der Waals surface area (Å²) in [6.45, 7) is 5.16. The Balaban J connectivity index is 1.99. The fourth-order valence-corrected chi connectivity index (χ4v) is 3.41. The normalized spacial score (nSPS) is 15.2. The molecule has 0 aliphatic carbocycles. The van der Waals surface area contributed by atoms with E-state index < -0.39 is 28.3 Å². The molecule has 0 spiro atoms. The first-order valence-electron chi connectivity index (χ1n) is 8.05. The lowest BCUT2D eigenvalue weighted by molar-refractivity contribution is 0.00413. The lowest BCUT2D eigenvalue weighted by atomic mass is 10.0. The number of carbonyl (C=O) groups excluding carboxylic acids is 1. The van der Waals surface area contributed by atoms with Crippen molar-refractivity contribution in [2.24, 2.45) is 5.92 Å². The minimum Gasteiger partial charge on any atom is -0.459 e. The van der Waals surface area contributed by atoms with Crippen LogP contribution in [0.1, 0.15) is 31.1 Å². The van der Waals surface area contributed by atoms with Gasteiger partial charge in [-0.1, -0.05) is 43.3 Å². The van der Waals surface area contributed by atoms with Gasteiger partial charge in [0.15, 0.2) is 0 Å². The van der Waals surface area contributed by atoms with Crippen LogP contribution >= 0.6 is 0 Å². The highest BCUT2D eigenvalue weighted by molar-refractivity contribution is 7.86. The Labute approximate surface area is 148 Å². The van der Waals surface area contributed by atoms with Crippen molar-refractivity contribution in [1.29, 1.82) is 0 Å². The van der Waals surface area contributed by atoms with Gasteiger partial charge in [-0.3, -0.25) is 4.18 Å². The largest absolute Gasteiger partial charge is 0.459 e. The number of rotatable bonds is 7. The van der Waals surface area contributed by atoms with E-state index in [1.165, 1.54) is 12.1 Å². The van der Waals surface area contributed by atoms with Gasteiger partial charge in [0.2, 0.25) is 0 Å². The van der Waals surface area contributed by atoms with E-state index in [1.54, 1.807) is 63.2 Å². The predicted octanol–water partition coefficient (Wildman–Crippen LogP) is 3.66. The van der Waals surface area contributed by atoms with Crippen LogP contribution in [0.15, 0.2) is 65.6 Å². The van der Waals surface area contributed by atoms with Gasteiger partial charge in [-0.05, 0) is 38.1 Å². The van der Waals surface area contributed by atoms with Gasteiger partial charge < -0.3 is 4.74 Å². The Hall–Kier alpha value is -2.18. The molecular formula is C19H22O5S. The molecule has 0 aliphatic heterocycles. The molecule has 6 heteroatoms. The van der Waals surface area contributed by atoms with E-state index in [9.17, 15) is 13.2 Å². The Kier molecular flexibility index (Phi) is 6.33. The van der Waals surface area contributed by atoms with E-state index in [0.717, 1.165) is 0 Å². The van der Waals surface area contributed by atoms with Crippen molar-refractivity contribution in [2.75, 3.05) is 0 Å². The van der Waals surface area contributed by atoms with Gasteiger partial charge in [-0.2, -0.15) is 8.42 Å². The van der Waals surface area contributed by atoms with E-state index in [4.69, 9.17) is 8.92 Å². The summed E-state index contributed by atoms with van der Waals surface area (Å²) in [5.41, 5.74) is 0.451. The number of ether oxygens (including phenoxy) is 1. The molecule has 0 N–H and O–H groups in total. The maximum absolute atomic E-state index is 12.3. The fraction of sp³-hybridized carbons (Fsp3) is 0.316. The molecule has 5 nitrogen and oxygen atoms in total. The van der Waals surface area contributed by atoms with Crippen molar-refractivity contribution in [3.63, 3.8) is 0 Å². The Bertz CT molecular complexity index is 787. The highest BCUT2D eigenvalue weighted by Gasteiger charge is 2.28. The molecule has 3 atom stereocenters. The summed E-state index contributed by atoms with van der Waals surface area (Å²) >= 11 is 0. The van der Waals surface area contributed by atoms with Crippen LogP contribution in [-0.4, -0.2) is 26.6 Å². The van der Waals surface area contributed by atoms with E-state index >= 15 is 0 Å². The summed E-state index contributed by atoms with van der Waals surface area (Å²) in [6, 6.07) is 16.6. The topological polar surface area (TPSA) is 69.7 Å². The summed E-state index contributed by atoms with van der Waals surface area (Å²) in [7, 11) is -3.86. The van der Waals surface area contributed by atoms with Crippen LogP contribution in [0.3, 0.4) is 0 Å². The van der Waals surface area contributed by atoms with Gasteiger partial charge in [-0.15, -0.1) is 0 Å². The lowest BCUT2D eigenvalue weighted by Crippen LogP contribution is -2.32. The van der Waals surface area contributed by atoms with Crippen LogP contribution in [0.2, 0.25) is 0 Å². The average molecular weight is 362 g/mol. The number of carbonyl (C=O) groups is 1. The molecule has 2 rings (SSSR count). The summed E-state index contributed by atoms with van der Waals surface area (Å²) in [6.07, 6.45) is -1.16. The van der Waals surface area contributed by atoms with Crippen LogP contribution in [0.4, 0.5) is 0 Å². The van der Waals surface area contributed by atoms with E-state index in [-0.39, 0.29) is 10.8 Å². The monoisotopic (exact) mass is 362 g/mol. The predicted molar refractivity (Wildman–Crippen MR) is 94.7 cm³/mol. The van der Waals surface area contributed by atoms with Crippen molar-refractivity contribution in [3.8, 4) is 0 Å². The Morgan fingerprint density at radius 1 is 0.840 bits per heavy atom. The zero-order chi connectivity index (χ0) is 18.4. The first-order valence-corrected chi connectivity index (χ1v) is 9.46. The number of benzene rings is 2. The van der Waals surface area contributed by atoms with Gasteiger partial charge in [0, 0.05) is 5.92 Å². The molecule has 0 radical (unpaired) electrons. The molecule has 0 fully saturated rings. The molecule has 0 bridgehead atoms. The molecule has 2 aromatic rings. The van der Waals surface area contributed by atoms with E-state index in [1.807, 2.05) is 6.07 Å². The molecule has 0 saturated carbocycles. The van der Waals surface area contributed by atoms with Crippen molar-refractivity contribution in [1.82, 2.24) is 0 Å². The molecule has 0 aliphatic rings. The first-order chi connectivity index (χ1) is 11.8. The zero-order valence-electron chi connectivity index (χ0n) is 14.5. The third-order valence-corrected chi connectivity index (χ3v) is 5.50. The van der Waals surface area contributed by atoms with Crippen molar-refractivity contribution < 1.29 is 22.1 Å². The second-order valence-electron chi connectivity index (χ2n) is 5.90. The molecule has 0 saturated heterocycles. The van der Waals surface area contributed by atoms with E-state index in [0.29, 0.717) is 5.56 Å². The maximum Gasteiger partial charge on any atom is 0.338 e. The van der Waals surface area contributed by atoms with Crippen LogP contribution in [0.25, 0.3) is 0 Å². The lowest BCUT2D eigenvalue weighted by Gasteiger charge is -2.25. The second-order valence-corrected chi connectivity index (χ2v) is 7.48. The average Bonchev–Trinajstić information content (AvgIpc) is 2.62. The summed E-state index contributed by atoms with van der Waals surface area (Å²) in [5.74, 6) is -0.760. The van der Waals surface area contributed by atoms with Gasteiger partial charge in [0.05, 0.1) is 16.6 Å². The second kappa shape index (κ2) is 8.27. The van der Waals surface area contributed by atoms with E-state index in [2.05, 4.69) is 0 Å². The molecule has 0 aromatic heterocycles. The Morgan fingerprint density at radius 3 is 1.92 bits per heavy atom. The zero-order valence-corrected chi connectivity index (χ0v) is 15.3. The quantitative estimate of drug-likeness (QED) is 0.555. The molecule has 0 heterocycles. The summed E-state index contributed by atoms with van der Waals surface area (Å²) in [4.78, 5) is 12.2. The molecule has 25 heavy (non-hydrogen) atoms. The van der Waals surface area contributed by atoms with Crippen molar-refractivity contribution >= 4 is 16.1 Å².